The number of nitrogens with one attached hydrogen (secondary N) is 2. The van der Waals surface area contributed by atoms with Gasteiger partial charge in [-0.3, -0.25) is 0 Å². The molecule has 4 nitrogen and oxygen atoms in total. The Morgan fingerprint density at radius 3 is 2.63 bits per heavy atom. The topological polar surface area (TPSA) is 48.1 Å². The third-order valence-corrected chi connectivity index (χ3v) is 5.38. The molecule has 4 rings (SSSR count). The maximum Gasteiger partial charge on any atom is 0.322 e. The summed E-state index contributed by atoms with van der Waals surface area (Å²) in [5.74, 6) is -0.258. The van der Waals surface area contributed by atoms with Gasteiger partial charge >= 0.3 is 6.03 Å². The highest BCUT2D eigenvalue weighted by atomic mass is 19.1. The van der Waals surface area contributed by atoms with Crippen LogP contribution in [0, 0.1) is 5.82 Å². The molecule has 5 heteroatoms. The molecule has 1 aliphatic rings. The number of aromatic nitrogens is 1. The van der Waals surface area contributed by atoms with Gasteiger partial charge < -0.3 is 15.2 Å². The number of carbonyl (C=O) groups is 1. The number of hydrogen-bond donors (Lipinski definition) is 2. The monoisotopic (exact) mass is 365 g/mol. The minimum absolute atomic E-state index is 0.0973. The van der Waals surface area contributed by atoms with E-state index in [9.17, 15) is 9.18 Å². The Hall–Kier alpha value is -2.82. The number of hydrogen-bond acceptors (Lipinski definition) is 1. The predicted molar refractivity (Wildman–Crippen MR) is 106 cm³/mol. The number of H-pyrrole nitrogens is 1. The molecule has 27 heavy (non-hydrogen) atoms. The van der Waals surface area contributed by atoms with E-state index in [0.29, 0.717) is 6.54 Å². The summed E-state index contributed by atoms with van der Waals surface area (Å²) >= 11 is 0. The zero-order chi connectivity index (χ0) is 18.6. The summed E-state index contributed by atoms with van der Waals surface area (Å²) < 4.78 is 13.2. The van der Waals surface area contributed by atoms with E-state index < -0.39 is 0 Å². The Balaban J connectivity index is 1.57. The fourth-order valence-electron chi connectivity index (χ4n) is 3.93. The van der Waals surface area contributed by atoms with Crippen LogP contribution in [0.3, 0.4) is 0 Å². The molecule has 1 heterocycles. The van der Waals surface area contributed by atoms with Gasteiger partial charge in [-0.05, 0) is 48.7 Å². The van der Waals surface area contributed by atoms with Gasteiger partial charge in [0.1, 0.15) is 5.82 Å². The van der Waals surface area contributed by atoms with Crippen LogP contribution in [0.2, 0.25) is 0 Å². The molecule has 0 radical (unpaired) electrons. The van der Waals surface area contributed by atoms with Crippen LogP contribution in [0.1, 0.15) is 37.7 Å². The van der Waals surface area contributed by atoms with Crippen LogP contribution in [-0.4, -0.2) is 22.0 Å². The average molecular weight is 365 g/mol. The normalized spacial score (nSPS) is 15.0. The molecule has 0 unspecified atom stereocenters. The van der Waals surface area contributed by atoms with E-state index in [1.54, 1.807) is 12.1 Å². The molecule has 0 atom stereocenters. The molecule has 140 valence electrons. The van der Waals surface area contributed by atoms with Crippen molar-refractivity contribution >= 4 is 22.6 Å². The third-order valence-electron chi connectivity index (χ3n) is 5.38. The number of amides is 2. The summed E-state index contributed by atoms with van der Waals surface area (Å²) in [7, 11) is 0. The molecular weight excluding hydrogens is 341 g/mol. The zero-order valence-corrected chi connectivity index (χ0v) is 15.2. The Labute approximate surface area is 158 Å². The number of halogens is 1. The van der Waals surface area contributed by atoms with Gasteiger partial charge in [-0.2, -0.15) is 0 Å². The fourth-order valence-corrected chi connectivity index (χ4v) is 3.93. The summed E-state index contributed by atoms with van der Waals surface area (Å²) in [5.41, 5.74) is 2.74. The lowest BCUT2D eigenvalue weighted by Gasteiger charge is -2.34. The fraction of sp³-hybridized carbons (Fsp3) is 0.318. The van der Waals surface area contributed by atoms with E-state index in [2.05, 4.69) is 10.3 Å². The minimum atomic E-state index is -0.258. The van der Waals surface area contributed by atoms with Crippen molar-refractivity contribution in [3.05, 3.63) is 66.1 Å². The van der Waals surface area contributed by atoms with Crippen molar-refractivity contribution in [3.8, 4) is 0 Å². The van der Waals surface area contributed by atoms with E-state index in [1.165, 1.54) is 18.6 Å². The number of aromatic amines is 1. The first kappa shape index (κ1) is 17.6. The molecule has 1 aromatic heterocycles. The highest BCUT2D eigenvalue weighted by molar-refractivity contribution is 6.00. The molecule has 0 bridgehead atoms. The van der Waals surface area contributed by atoms with Crippen molar-refractivity contribution < 1.29 is 9.18 Å². The SMILES string of the molecule is O=C(Nc1cccc2[nH]ccc12)N(Cc1ccc(F)cc1)C1CCCCC1. The van der Waals surface area contributed by atoms with Crippen LogP contribution in [0.25, 0.3) is 10.9 Å². The highest BCUT2D eigenvalue weighted by Crippen LogP contribution is 2.27. The third kappa shape index (κ3) is 3.97. The molecule has 2 aromatic carbocycles. The first-order chi connectivity index (χ1) is 13.2. The minimum Gasteiger partial charge on any atom is -0.361 e. The number of carbonyl (C=O) groups excluding carboxylic acids is 1. The lowest BCUT2D eigenvalue weighted by Crippen LogP contribution is -2.43. The summed E-state index contributed by atoms with van der Waals surface area (Å²) in [5, 5.41) is 4.09. The van der Waals surface area contributed by atoms with E-state index in [-0.39, 0.29) is 17.9 Å². The first-order valence-electron chi connectivity index (χ1n) is 9.59. The first-order valence-corrected chi connectivity index (χ1v) is 9.59. The van der Waals surface area contributed by atoms with Gasteiger partial charge in [0.05, 0.1) is 5.69 Å². The Morgan fingerprint density at radius 1 is 1.07 bits per heavy atom. The predicted octanol–water partition coefficient (Wildman–Crippen LogP) is 5.67. The summed E-state index contributed by atoms with van der Waals surface area (Å²) in [6.07, 6.45) is 7.42. The number of benzene rings is 2. The summed E-state index contributed by atoms with van der Waals surface area (Å²) in [6.45, 7) is 0.486. The maximum atomic E-state index is 13.2. The molecule has 0 spiro atoms. The number of rotatable bonds is 4. The molecule has 1 aliphatic carbocycles. The summed E-state index contributed by atoms with van der Waals surface area (Å²) in [4.78, 5) is 18.3. The van der Waals surface area contributed by atoms with Crippen molar-refractivity contribution in [2.24, 2.45) is 0 Å². The number of nitrogens with zero attached hydrogens (tertiary/aromatic N) is 1. The summed E-state index contributed by atoms with van der Waals surface area (Å²) in [6, 6.07) is 14.3. The number of fused-ring (bicyclic) bond motifs is 1. The second-order valence-corrected chi connectivity index (χ2v) is 7.22. The zero-order valence-electron chi connectivity index (χ0n) is 15.2. The smallest absolute Gasteiger partial charge is 0.322 e. The molecule has 1 saturated carbocycles. The van der Waals surface area contributed by atoms with Crippen LogP contribution >= 0.6 is 0 Å². The molecule has 2 N–H and O–H groups in total. The van der Waals surface area contributed by atoms with Gasteiger partial charge in [0.15, 0.2) is 0 Å². The highest BCUT2D eigenvalue weighted by Gasteiger charge is 2.26. The van der Waals surface area contributed by atoms with Gasteiger partial charge in [-0.15, -0.1) is 0 Å². The van der Waals surface area contributed by atoms with Crippen molar-refractivity contribution in [1.82, 2.24) is 9.88 Å². The molecule has 2 amide bonds. The number of anilines is 1. The van der Waals surface area contributed by atoms with Crippen LogP contribution in [0.4, 0.5) is 14.9 Å². The van der Waals surface area contributed by atoms with Crippen LogP contribution in [-0.2, 0) is 6.54 Å². The largest absolute Gasteiger partial charge is 0.361 e. The van der Waals surface area contributed by atoms with E-state index in [0.717, 1.165) is 47.8 Å². The van der Waals surface area contributed by atoms with E-state index in [4.69, 9.17) is 0 Å². The Bertz CT molecular complexity index is 913. The van der Waals surface area contributed by atoms with Crippen molar-refractivity contribution in [2.45, 2.75) is 44.7 Å². The molecule has 3 aromatic rings. The van der Waals surface area contributed by atoms with E-state index >= 15 is 0 Å². The van der Waals surface area contributed by atoms with Crippen LogP contribution in [0.15, 0.2) is 54.7 Å². The van der Waals surface area contributed by atoms with Gasteiger partial charge in [-0.25, -0.2) is 9.18 Å². The van der Waals surface area contributed by atoms with Crippen molar-refractivity contribution in [1.29, 1.82) is 0 Å². The lowest BCUT2D eigenvalue weighted by atomic mass is 9.94. The molecule has 0 aliphatic heterocycles. The second-order valence-electron chi connectivity index (χ2n) is 7.22. The average Bonchev–Trinajstić information content (AvgIpc) is 3.18. The molecule has 0 saturated heterocycles. The van der Waals surface area contributed by atoms with Gasteiger partial charge in [0, 0.05) is 29.7 Å². The van der Waals surface area contributed by atoms with Crippen molar-refractivity contribution in [2.75, 3.05) is 5.32 Å². The lowest BCUT2D eigenvalue weighted by molar-refractivity contribution is 0.163. The second kappa shape index (κ2) is 7.82. The standard InChI is InChI=1S/C22H24FN3O/c23-17-11-9-16(10-12-17)15-26(18-5-2-1-3-6-18)22(27)25-21-8-4-7-20-19(21)13-14-24-20/h4,7-14,18,24H,1-3,5-6,15H2,(H,25,27). The Kier molecular flexibility index (Phi) is 5.10. The van der Waals surface area contributed by atoms with Crippen LogP contribution < -0.4 is 5.32 Å². The molecular formula is C22H24FN3O. The Morgan fingerprint density at radius 2 is 1.85 bits per heavy atom. The van der Waals surface area contributed by atoms with Gasteiger partial charge in [0.25, 0.3) is 0 Å². The molecule has 1 fully saturated rings. The van der Waals surface area contributed by atoms with Gasteiger partial charge in [-0.1, -0.05) is 37.5 Å². The van der Waals surface area contributed by atoms with E-state index in [1.807, 2.05) is 35.4 Å². The maximum absolute atomic E-state index is 13.2. The van der Waals surface area contributed by atoms with Crippen LogP contribution in [0.5, 0.6) is 0 Å². The quantitative estimate of drug-likeness (QED) is 0.614. The number of urea groups is 1. The van der Waals surface area contributed by atoms with Gasteiger partial charge in [0.2, 0.25) is 0 Å². The van der Waals surface area contributed by atoms with Crippen molar-refractivity contribution in [3.63, 3.8) is 0 Å².